The van der Waals surface area contributed by atoms with E-state index in [-0.39, 0.29) is 17.2 Å². The predicted molar refractivity (Wildman–Crippen MR) is 103 cm³/mol. The molecule has 0 spiro atoms. The summed E-state index contributed by atoms with van der Waals surface area (Å²) in [6.07, 6.45) is 1.81. The van der Waals surface area contributed by atoms with E-state index in [9.17, 15) is 13.2 Å². The standard InChI is InChI=1S/C20H24N2O3S/c1-15-6-5-7-16(2)20(15)21-14-19(23)17-8-10-18(11-9-17)26(24,25)22-12-3-4-13-22/h5-11,21H,3-4,12-14H2,1-2H3. The van der Waals surface area contributed by atoms with Crippen molar-refractivity contribution in [2.45, 2.75) is 31.6 Å². The maximum absolute atomic E-state index is 12.5. The molecular formula is C20H24N2O3S. The normalized spacial score (nSPS) is 15.2. The van der Waals surface area contributed by atoms with Gasteiger partial charge in [-0.1, -0.05) is 18.2 Å². The van der Waals surface area contributed by atoms with Gasteiger partial charge in [0, 0.05) is 24.3 Å². The maximum atomic E-state index is 12.5. The summed E-state index contributed by atoms with van der Waals surface area (Å²) in [5.41, 5.74) is 3.65. The number of carbonyl (C=O) groups is 1. The molecule has 2 aromatic carbocycles. The largest absolute Gasteiger partial charge is 0.377 e. The summed E-state index contributed by atoms with van der Waals surface area (Å²) >= 11 is 0. The van der Waals surface area contributed by atoms with Crippen molar-refractivity contribution in [3.63, 3.8) is 0 Å². The Bertz CT molecular complexity index is 879. The van der Waals surface area contributed by atoms with E-state index in [0.29, 0.717) is 18.7 Å². The Morgan fingerprint density at radius 3 is 2.15 bits per heavy atom. The fourth-order valence-corrected chi connectivity index (χ4v) is 4.77. The van der Waals surface area contributed by atoms with Crippen molar-refractivity contribution >= 4 is 21.5 Å². The van der Waals surface area contributed by atoms with Crippen LogP contribution in [0.2, 0.25) is 0 Å². The number of para-hydroxylation sites is 1. The van der Waals surface area contributed by atoms with Crippen LogP contribution in [0.5, 0.6) is 0 Å². The summed E-state index contributed by atoms with van der Waals surface area (Å²) in [5.74, 6) is -0.0715. The first-order valence-electron chi connectivity index (χ1n) is 8.83. The van der Waals surface area contributed by atoms with E-state index < -0.39 is 10.0 Å². The Morgan fingerprint density at radius 2 is 1.58 bits per heavy atom. The second kappa shape index (κ2) is 7.60. The van der Waals surface area contributed by atoms with Gasteiger partial charge in [-0.3, -0.25) is 4.79 Å². The van der Waals surface area contributed by atoms with Gasteiger partial charge in [-0.2, -0.15) is 4.31 Å². The Kier molecular flexibility index (Phi) is 5.44. The van der Waals surface area contributed by atoms with Crippen molar-refractivity contribution in [3.8, 4) is 0 Å². The van der Waals surface area contributed by atoms with Crippen LogP contribution in [-0.2, 0) is 10.0 Å². The van der Waals surface area contributed by atoms with Gasteiger partial charge in [0.25, 0.3) is 0 Å². The number of nitrogens with one attached hydrogen (secondary N) is 1. The third kappa shape index (κ3) is 3.81. The molecule has 0 bridgehead atoms. The molecule has 1 saturated heterocycles. The quantitative estimate of drug-likeness (QED) is 0.790. The monoisotopic (exact) mass is 372 g/mol. The van der Waals surface area contributed by atoms with E-state index in [4.69, 9.17) is 0 Å². The Labute approximate surface area is 155 Å². The van der Waals surface area contributed by atoms with Crippen LogP contribution in [0.4, 0.5) is 5.69 Å². The summed E-state index contributed by atoms with van der Waals surface area (Å²) in [6.45, 7) is 5.31. The minimum Gasteiger partial charge on any atom is -0.377 e. The van der Waals surface area contributed by atoms with Crippen LogP contribution in [0.15, 0.2) is 47.4 Å². The van der Waals surface area contributed by atoms with Crippen molar-refractivity contribution < 1.29 is 13.2 Å². The third-order valence-electron chi connectivity index (χ3n) is 4.79. The Morgan fingerprint density at radius 1 is 1.00 bits per heavy atom. The molecule has 0 atom stereocenters. The van der Waals surface area contributed by atoms with Crippen LogP contribution in [-0.4, -0.2) is 38.1 Å². The predicted octanol–water partition coefficient (Wildman–Crippen LogP) is 3.38. The van der Waals surface area contributed by atoms with E-state index in [1.807, 2.05) is 32.0 Å². The molecular weight excluding hydrogens is 348 g/mol. The van der Waals surface area contributed by atoms with Gasteiger partial charge in [0.2, 0.25) is 10.0 Å². The van der Waals surface area contributed by atoms with Crippen molar-refractivity contribution in [2.24, 2.45) is 0 Å². The molecule has 1 N–H and O–H groups in total. The number of sulfonamides is 1. The zero-order valence-electron chi connectivity index (χ0n) is 15.2. The van der Waals surface area contributed by atoms with Crippen LogP contribution in [0.25, 0.3) is 0 Å². The zero-order valence-corrected chi connectivity index (χ0v) is 16.0. The topological polar surface area (TPSA) is 66.5 Å². The number of aryl methyl sites for hydroxylation is 2. The SMILES string of the molecule is Cc1cccc(C)c1NCC(=O)c1ccc(S(=O)(=O)N2CCCC2)cc1. The van der Waals surface area contributed by atoms with Crippen molar-refractivity contribution in [1.29, 1.82) is 0 Å². The lowest BCUT2D eigenvalue weighted by Crippen LogP contribution is -2.27. The number of benzene rings is 2. The van der Waals surface area contributed by atoms with Gasteiger partial charge in [0.05, 0.1) is 11.4 Å². The first kappa shape index (κ1) is 18.6. The molecule has 2 aromatic rings. The second-order valence-electron chi connectivity index (χ2n) is 6.68. The summed E-state index contributed by atoms with van der Waals surface area (Å²) in [6, 6.07) is 12.2. The van der Waals surface area contributed by atoms with E-state index in [0.717, 1.165) is 29.7 Å². The van der Waals surface area contributed by atoms with Crippen molar-refractivity contribution in [1.82, 2.24) is 4.31 Å². The van der Waals surface area contributed by atoms with Gasteiger partial charge in [-0.15, -0.1) is 0 Å². The molecule has 1 heterocycles. The van der Waals surface area contributed by atoms with E-state index >= 15 is 0 Å². The van der Waals surface area contributed by atoms with Crippen LogP contribution < -0.4 is 5.32 Å². The summed E-state index contributed by atoms with van der Waals surface area (Å²) in [7, 11) is -3.44. The first-order valence-corrected chi connectivity index (χ1v) is 10.3. The Balaban J connectivity index is 1.69. The van der Waals surface area contributed by atoms with E-state index in [1.54, 1.807) is 12.1 Å². The van der Waals surface area contributed by atoms with Gasteiger partial charge in [0.1, 0.15) is 0 Å². The number of anilines is 1. The van der Waals surface area contributed by atoms with Gasteiger partial charge in [0.15, 0.2) is 5.78 Å². The van der Waals surface area contributed by atoms with E-state index in [1.165, 1.54) is 16.4 Å². The van der Waals surface area contributed by atoms with Gasteiger partial charge < -0.3 is 5.32 Å². The van der Waals surface area contributed by atoms with Gasteiger partial charge in [-0.05, 0) is 62.1 Å². The highest BCUT2D eigenvalue weighted by atomic mass is 32.2. The Hall–Kier alpha value is -2.18. The van der Waals surface area contributed by atoms with Crippen LogP contribution in [0.3, 0.4) is 0 Å². The summed E-state index contributed by atoms with van der Waals surface area (Å²) < 4.78 is 26.6. The number of hydrogen-bond donors (Lipinski definition) is 1. The number of rotatable bonds is 6. The highest BCUT2D eigenvalue weighted by Gasteiger charge is 2.27. The molecule has 138 valence electrons. The minimum absolute atomic E-state index is 0.0715. The lowest BCUT2D eigenvalue weighted by Gasteiger charge is -2.15. The molecule has 1 aliphatic heterocycles. The molecule has 0 saturated carbocycles. The average Bonchev–Trinajstić information content (AvgIpc) is 3.17. The third-order valence-corrected chi connectivity index (χ3v) is 6.70. The fraction of sp³-hybridized carbons (Fsp3) is 0.350. The molecule has 5 nitrogen and oxygen atoms in total. The zero-order chi connectivity index (χ0) is 18.7. The molecule has 6 heteroatoms. The molecule has 1 fully saturated rings. The van der Waals surface area contributed by atoms with Crippen molar-refractivity contribution in [2.75, 3.05) is 25.0 Å². The van der Waals surface area contributed by atoms with Crippen LogP contribution in [0, 0.1) is 13.8 Å². The fourth-order valence-electron chi connectivity index (χ4n) is 3.25. The lowest BCUT2D eigenvalue weighted by molar-refractivity contribution is 0.101. The number of Topliss-reactive ketones (excluding diaryl/α,β-unsaturated/α-hetero) is 1. The molecule has 0 amide bonds. The summed E-state index contributed by atoms with van der Waals surface area (Å²) in [5, 5.41) is 3.19. The highest BCUT2D eigenvalue weighted by Crippen LogP contribution is 2.22. The van der Waals surface area contributed by atoms with Gasteiger partial charge in [-0.25, -0.2) is 8.42 Å². The van der Waals surface area contributed by atoms with E-state index in [2.05, 4.69) is 5.32 Å². The average molecular weight is 372 g/mol. The van der Waals surface area contributed by atoms with Crippen LogP contribution in [0.1, 0.15) is 34.3 Å². The lowest BCUT2D eigenvalue weighted by atomic mass is 10.1. The molecule has 0 radical (unpaired) electrons. The minimum atomic E-state index is -3.44. The summed E-state index contributed by atoms with van der Waals surface area (Å²) in [4.78, 5) is 12.7. The highest BCUT2D eigenvalue weighted by molar-refractivity contribution is 7.89. The molecule has 0 unspecified atom stereocenters. The second-order valence-corrected chi connectivity index (χ2v) is 8.62. The number of nitrogens with zero attached hydrogens (tertiary/aromatic N) is 1. The molecule has 26 heavy (non-hydrogen) atoms. The molecule has 0 aliphatic carbocycles. The molecule has 1 aliphatic rings. The van der Waals surface area contributed by atoms with Crippen molar-refractivity contribution in [3.05, 3.63) is 59.2 Å². The number of hydrogen-bond acceptors (Lipinski definition) is 4. The first-order chi connectivity index (χ1) is 12.4. The number of carbonyl (C=O) groups excluding carboxylic acids is 1. The molecule has 0 aromatic heterocycles. The smallest absolute Gasteiger partial charge is 0.243 e. The van der Waals surface area contributed by atoms with Gasteiger partial charge >= 0.3 is 0 Å². The number of ketones is 1. The molecule has 3 rings (SSSR count). The maximum Gasteiger partial charge on any atom is 0.243 e. The van der Waals surface area contributed by atoms with Crippen LogP contribution >= 0.6 is 0 Å².